The summed E-state index contributed by atoms with van der Waals surface area (Å²) in [7, 11) is -3.42. The highest BCUT2D eigenvalue weighted by molar-refractivity contribution is 7.93. The Labute approximate surface area is 223 Å². The first-order valence-electron chi connectivity index (χ1n) is 12.2. The van der Waals surface area contributed by atoms with E-state index in [0.717, 1.165) is 22.8 Å². The average molecular weight is 545 g/mol. The van der Waals surface area contributed by atoms with E-state index in [4.69, 9.17) is 5.73 Å². The van der Waals surface area contributed by atoms with Crippen molar-refractivity contribution in [1.29, 1.82) is 0 Å². The Morgan fingerprint density at radius 3 is 2.18 bits per heavy atom. The van der Waals surface area contributed by atoms with Gasteiger partial charge in [0.05, 0.1) is 12.2 Å². The van der Waals surface area contributed by atoms with Crippen molar-refractivity contribution in [3.8, 4) is 0 Å². The van der Waals surface area contributed by atoms with Crippen LogP contribution in [0.3, 0.4) is 0 Å². The second-order valence-corrected chi connectivity index (χ2v) is 11.4. The number of rotatable bonds is 13. The molecule has 0 spiro atoms. The molecule has 3 atom stereocenters. The third-order valence-corrected chi connectivity index (χ3v) is 6.13. The zero-order valence-corrected chi connectivity index (χ0v) is 22.9. The molecule has 1 aromatic heterocycles. The molecule has 11 nitrogen and oxygen atoms in total. The van der Waals surface area contributed by atoms with E-state index in [9.17, 15) is 22.8 Å². The van der Waals surface area contributed by atoms with Crippen LogP contribution in [-0.2, 0) is 32.4 Å². The quantitative estimate of drug-likeness (QED) is 0.287. The summed E-state index contributed by atoms with van der Waals surface area (Å²) in [6.07, 6.45) is 7.23. The number of hydrogen-bond donors (Lipinski definition) is 4. The molecule has 12 heteroatoms. The second kappa shape index (κ2) is 14.3. The molecule has 0 bridgehead atoms. The SMILES string of the molecule is CC(C)C[C@H](NC(=O)c1cnccn1)C(=O)N[C@@H](C)C(=O)N[C@H](/C=C/S(C)(=O)=O)Cc1ccc(CN)cc1. The molecular formula is C26H36N6O5S. The maximum atomic E-state index is 13.0. The van der Waals surface area contributed by atoms with Crippen LogP contribution < -0.4 is 21.7 Å². The summed E-state index contributed by atoms with van der Waals surface area (Å²) in [5.41, 5.74) is 7.52. The van der Waals surface area contributed by atoms with E-state index >= 15 is 0 Å². The minimum absolute atomic E-state index is 0.0693. The summed E-state index contributed by atoms with van der Waals surface area (Å²) in [5, 5.41) is 9.12. The largest absolute Gasteiger partial charge is 0.348 e. The standard InChI is InChI=1S/C26H36N6O5S/c1-17(2)13-22(32-26(35)23-16-28-10-11-29-23)25(34)30-18(3)24(33)31-21(9-12-38(4,36)37)14-19-5-7-20(15-27)8-6-19/h5-12,16-18,21-22H,13-15,27H2,1-4H3,(H,30,34)(H,31,33)(H,32,35)/b12-9+/t18-,21+,22-/m0/s1. The van der Waals surface area contributed by atoms with Crippen LogP contribution in [0.2, 0.25) is 0 Å². The van der Waals surface area contributed by atoms with Gasteiger partial charge in [0, 0.05) is 30.6 Å². The lowest BCUT2D eigenvalue weighted by molar-refractivity contribution is -0.130. The van der Waals surface area contributed by atoms with Crippen molar-refractivity contribution < 1.29 is 22.8 Å². The topological polar surface area (TPSA) is 173 Å². The highest BCUT2D eigenvalue weighted by atomic mass is 32.2. The molecule has 3 amide bonds. The maximum absolute atomic E-state index is 13.0. The predicted octanol–water partition coefficient (Wildman–Crippen LogP) is 0.870. The summed E-state index contributed by atoms with van der Waals surface area (Å²) in [6, 6.07) is 4.93. The Morgan fingerprint density at radius 2 is 1.63 bits per heavy atom. The van der Waals surface area contributed by atoms with Gasteiger partial charge in [-0.15, -0.1) is 0 Å². The van der Waals surface area contributed by atoms with Gasteiger partial charge >= 0.3 is 0 Å². The maximum Gasteiger partial charge on any atom is 0.272 e. The van der Waals surface area contributed by atoms with Gasteiger partial charge in [0.2, 0.25) is 11.8 Å². The number of benzene rings is 1. The van der Waals surface area contributed by atoms with E-state index in [1.165, 1.54) is 31.6 Å². The van der Waals surface area contributed by atoms with Crippen LogP contribution in [0.25, 0.3) is 0 Å². The number of carbonyl (C=O) groups excluding carboxylic acids is 3. The molecular weight excluding hydrogens is 508 g/mol. The van der Waals surface area contributed by atoms with Gasteiger partial charge in [0.25, 0.3) is 5.91 Å². The summed E-state index contributed by atoms with van der Waals surface area (Å²) in [5.74, 6) is -1.52. The van der Waals surface area contributed by atoms with Crippen LogP contribution in [0.4, 0.5) is 0 Å². The number of nitrogens with one attached hydrogen (secondary N) is 3. The van der Waals surface area contributed by atoms with Crippen molar-refractivity contribution in [1.82, 2.24) is 25.9 Å². The number of sulfone groups is 1. The summed E-state index contributed by atoms with van der Waals surface area (Å²) < 4.78 is 23.4. The molecule has 0 fully saturated rings. The van der Waals surface area contributed by atoms with Crippen LogP contribution in [0.15, 0.2) is 54.3 Å². The molecule has 0 saturated heterocycles. The molecule has 2 aromatic rings. The number of amides is 3. The Bertz CT molecular complexity index is 1220. The number of aromatic nitrogens is 2. The van der Waals surface area contributed by atoms with E-state index in [1.807, 2.05) is 38.1 Å². The van der Waals surface area contributed by atoms with E-state index in [0.29, 0.717) is 19.4 Å². The Kier molecular flexibility index (Phi) is 11.5. The van der Waals surface area contributed by atoms with Gasteiger partial charge in [0.1, 0.15) is 17.8 Å². The van der Waals surface area contributed by atoms with Crippen molar-refractivity contribution in [3.63, 3.8) is 0 Å². The van der Waals surface area contributed by atoms with Crippen molar-refractivity contribution in [2.75, 3.05) is 6.26 Å². The predicted molar refractivity (Wildman–Crippen MR) is 144 cm³/mol. The highest BCUT2D eigenvalue weighted by Crippen LogP contribution is 2.10. The first-order valence-corrected chi connectivity index (χ1v) is 14.2. The highest BCUT2D eigenvalue weighted by Gasteiger charge is 2.26. The van der Waals surface area contributed by atoms with E-state index in [1.54, 1.807) is 0 Å². The molecule has 1 heterocycles. The molecule has 38 heavy (non-hydrogen) atoms. The summed E-state index contributed by atoms with van der Waals surface area (Å²) in [6.45, 7) is 5.72. The molecule has 0 saturated carbocycles. The van der Waals surface area contributed by atoms with E-state index in [-0.39, 0.29) is 11.6 Å². The number of hydrogen-bond acceptors (Lipinski definition) is 8. The zero-order valence-electron chi connectivity index (χ0n) is 22.0. The second-order valence-electron chi connectivity index (χ2n) is 9.47. The fourth-order valence-corrected chi connectivity index (χ4v) is 3.98. The molecule has 206 valence electrons. The monoisotopic (exact) mass is 544 g/mol. The van der Waals surface area contributed by atoms with Crippen molar-refractivity contribution in [3.05, 3.63) is 71.2 Å². The molecule has 0 aliphatic carbocycles. The van der Waals surface area contributed by atoms with Crippen molar-refractivity contribution >= 4 is 27.6 Å². The fraction of sp³-hybridized carbons (Fsp3) is 0.423. The smallest absolute Gasteiger partial charge is 0.272 e. The first-order chi connectivity index (χ1) is 17.9. The number of nitrogens with zero attached hydrogens (tertiary/aromatic N) is 2. The van der Waals surface area contributed by atoms with Gasteiger partial charge in [-0.2, -0.15) is 0 Å². The third kappa shape index (κ3) is 10.8. The van der Waals surface area contributed by atoms with Gasteiger partial charge in [0.15, 0.2) is 9.84 Å². The van der Waals surface area contributed by atoms with Gasteiger partial charge in [-0.25, -0.2) is 13.4 Å². The first kappa shape index (κ1) is 30.6. The summed E-state index contributed by atoms with van der Waals surface area (Å²) >= 11 is 0. The summed E-state index contributed by atoms with van der Waals surface area (Å²) in [4.78, 5) is 46.3. The molecule has 0 aliphatic heterocycles. The van der Waals surface area contributed by atoms with Gasteiger partial charge in [-0.05, 0) is 36.8 Å². The lowest BCUT2D eigenvalue weighted by Gasteiger charge is -2.23. The molecule has 2 rings (SSSR count). The van der Waals surface area contributed by atoms with Crippen LogP contribution in [0, 0.1) is 5.92 Å². The fourth-order valence-electron chi connectivity index (χ4n) is 3.51. The van der Waals surface area contributed by atoms with E-state index < -0.39 is 45.7 Å². The third-order valence-electron chi connectivity index (χ3n) is 5.48. The average Bonchev–Trinajstić information content (AvgIpc) is 2.87. The zero-order chi connectivity index (χ0) is 28.3. The molecule has 0 unspecified atom stereocenters. The molecule has 0 radical (unpaired) electrons. The lowest BCUT2D eigenvalue weighted by Crippen LogP contribution is -2.54. The minimum atomic E-state index is -3.42. The normalized spacial score (nSPS) is 14.1. The lowest BCUT2D eigenvalue weighted by atomic mass is 10.0. The molecule has 1 aromatic carbocycles. The van der Waals surface area contributed by atoms with Crippen LogP contribution in [0.1, 0.15) is 48.8 Å². The van der Waals surface area contributed by atoms with Gasteiger partial charge < -0.3 is 21.7 Å². The Morgan fingerprint density at radius 1 is 0.974 bits per heavy atom. The Hall–Kier alpha value is -3.64. The van der Waals surface area contributed by atoms with Crippen LogP contribution in [0.5, 0.6) is 0 Å². The van der Waals surface area contributed by atoms with Crippen LogP contribution >= 0.6 is 0 Å². The van der Waals surface area contributed by atoms with Crippen molar-refractivity contribution in [2.24, 2.45) is 11.7 Å². The number of nitrogens with two attached hydrogens (primary N) is 1. The molecule has 0 aliphatic rings. The molecule has 5 N–H and O–H groups in total. The minimum Gasteiger partial charge on any atom is -0.348 e. The van der Waals surface area contributed by atoms with Gasteiger partial charge in [-0.1, -0.05) is 44.2 Å². The number of carbonyl (C=O) groups is 3. The van der Waals surface area contributed by atoms with Gasteiger partial charge in [-0.3, -0.25) is 19.4 Å². The van der Waals surface area contributed by atoms with E-state index in [2.05, 4.69) is 25.9 Å². The van der Waals surface area contributed by atoms with Crippen LogP contribution in [-0.4, -0.2) is 60.5 Å². The Balaban J connectivity index is 2.10. The van der Waals surface area contributed by atoms with Crippen molar-refractivity contribution in [2.45, 2.75) is 58.3 Å².